The summed E-state index contributed by atoms with van der Waals surface area (Å²) in [4.78, 5) is 10.6. The number of benzene rings is 1. The van der Waals surface area contributed by atoms with Crippen LogP contribution in [0.15, 0.2) is 18.2 Å². The van der Waals surface area contributed by atoms with E-state index in [4.69, 9.17) is 5.11 Å². The highest BCUT2D eigenvalue weighted by Gasteiger charge is 2.14. The fourth-order valence-corrected chi connectivity index (χ4v) is 1.40. The molecule has 0 aromatic heterocycles. The number of carboxylic acid groups (broad SMARTS) is 1. The highest BCUT2D eigenvalue weighted by Crippen LogP contribution is 2.21. The Balaban J connectivity index is 3.02. The lowest BCUT2D eigenvalue weighted by Gasteiger charge is -2.24. The van der Waals surface area contributed by atoms with Crippen LogP contribution in [0.4, 0.5) is 10.1 Å². The van der Waals surface area contributed by atoms with E-state index in [1.807, 2.05) is 20.8 Å². The van der Waals surface area contributed by atoms with Gasteiger partial charge in [0.1, 0.15) is 5.82 Å². The molecule has 0 saturated heterocycles. The minimum Gasteiger partial charge on any atom is -0.481 e. The van der Waals surface area contributed by atoms with Crippen molar-refractivity contribution < 1.29 is 14.3 Å². The summed E-state index contributed by atoms with van der Waals surface area (Å²) in [6, 6.07) is 4.14. The fraction of sp³-hybridized carbons (Fsp3) is 0.417. The molecule has 0 aliphatic carbocycles. The van der Waals surface area contributed by atoms with Crippen LogP contribution < -0.4 is 5.32 Å². The molecule has 4 heteroatoms. The summed E-state index contributed by atoms with van der Waals surface area (Å²) in [5.74, 6) is -1.39. The van der Waals surface area contributed by atoms with E-state index in [0.29, 0.717) is 11.3 Å². The van der Waals surface area contributed by atoms with Gasteiger partial charge in [-0.2, -0.15) is 0 Å². The standard InChI is InChI=1S/C12H16FNO2/c1-12(2,3)14-10-5-4-9(13)6-8(10)7-11(15)16/h4-6,14H,7H2,1-3H3,(H,15,16). The van der Waals surface area contributed by atoms with E-state index < -0.39 is 11.8 Å². The minimum atomic E-state index is -0.970. The number of aliphatic carboxylic acids is 1. The number of rotatable bonds is 3. The molecule has 1 aromatic carbocycles. The monoisotopic (exact) mass is 225 g/mol. The molecule has 0 aliphatic rings. The van der Waals surface area contributed by atoms with Gasteiger partial charge < -0.3 is 10.4 Å². The van der Waals surface area contributed by atoms with E-state index in [1.165, 1.54) is 12.1 Å². The molecule has 88 valence electrons. The van der Waals surface area contributed by atoms with Gasteiger partial charge in [-0.25, -0.2) is 4.39 Å². The number of anilines is 1. The van der Waals surface area contributed by atoms with Crippen molar-refractivity contribution in [2.24, 2.45) is 0 Å². The molecule has 0 saturated carbocycles. The first-order valence-electron chi connectivity index (χ1n) is 5.06. The quantitative estimate of drug-likeness (QED) is 0.831. The Morgan fingerprint density at radius 2 is 2.06 bits per heavy atom. The number of hydrogen-bond acceptors (Lipinski definition) is 2. The molecule has 0 amide bonds. The van der Waals surface area contributed by atoms with Crippen LogP contribution in [-0.4, -0.2) is 16.6 Å². The zero-order valence-corrected chi connectivity index (χ0v) is 9.67. The van der Waals surface area contributed by atoms with Gasteiger partial charge in [-0.1, -0.05) is 0 Å². The Morgan fingerprint density at radius 1 is 1.44 bits per heavy atom. The van der Waals surface area contributed by atoms with Crippen molar-refractivity contribution in [3.8, 4) is 0 Å². The smallest absolute Gasteiger partial charge is 0.307 e. The van der Waals surface area contributed by atoms with Crippen LogP contribution in [0.5, 0.6) is 0 Å². The normalized spacial score (nSPS) is 11.2. The Kier molecular flexibility index (Phi) is 3.52. The maximum Gasteiger partial charge on any atom is 0.307 e. The number of hydrogen-bond donors (Lipinski definition) is 2. The predicted octanol–water partition coefficient (Wildman–Crippen LogP) is 2.66. The van der Waals surface area contributed by atoms with Crippen molar-refractivity contribution in [2.45, 2.75) is 32.7 Å². The summed E-state index contributed by atoms with van der Waals surface area (Å²) in [7, 11) is 0. The highest BCUT2D eigenvalue weighted by molar-refractivity contribution is 5.73. The summed E-state index contributed by atoms with van der Waals surface area (Å²) in [6.07, 6.45) is -0.184. The third-order valence-electron chi connectivity index (χ3n) is 1.92. The highest BCUT2D eigenvalue weighted by atomic mass is 19.1. The van der Waals surface area contributed by atoms with Gasteiger partial charge >= 0.3 is 5.97 Å². The molecule has 1 rings (SSSR count). The molecule has 0 radical (unpaired) electrons. The van der Waals surface area contributed by atoms with Crippen LogP contribution in [0, 0.1) is 5.82 Å². The lowest BCUT2D eigenvalue weighted by molar-refractivity contribution is -0.136. The molecule has 0 heterocycles. The first kappa shape index (κ1) is 12.5. The van der Waals surface area contributed by atoms with Crippen LogP contribution in [0.1, 0.15) is 26.3 Å². The Labute approximate surface area is 94.3 Å². The molecule has 0 spiro atoms. The second-order valence-electron chi connectivity index (χ2n) is 4.75. The minimum absolute atomic E-state index is 0.184. The molecule has 0 unspecified atom stereocenters. The third kappa shape index (κ3) is 3.88. The molecule has 0 aliphatic heterocycles. The maximum atomic E-state index is 13.0. The lowest BCUT2D eigenvalue weighted by Crippen LogP contribution is -2.27. The fourth-order valence-electron chi connectivity index (χ4n) is 1.40. The maximum absolute atomic E-state index is 13.0. The van der Waals surface area contributed by atoms with E-state index in [1.54, 1.807) is 6.07 Å². The van der Waals surface area contributed by atoms with Gasteiger partial charge in [0.15, 0.2) is 0 Å². The predicted molar refractivity (Wildman–Crippen MR) is 61.1 cm³/mol. The van der Waals surface area contributed by atoms with Crippen LogP contribution >= 0.6 is 0 Å². The van der Waals surface area contributed by atoms with E-state index in [-0.39, 0.29) is 12.0 Å². The average Bonchev–Trinajstić information content (AvgIpc) is 2.06. The van der Waals surface area contributed by atoms with E-state index in [0.717, 1.165) is 0 Å². The summed E-state index contributed by atoms with van der Waals surface area (Å²) in [6.45, 7) is 5.88. The molecule has 0 fully saturated rings. The van der Waals surface area contributed by atoms with Gasteiger partial charge in [0, 0.05) is 11.2 Å². The van der Waals surface area contributed by atoms with E-state index >= 15 is 0 Å². The number of halogens is 1. The largest absolute Gasteiger partial charge is 0.481 e. The van der Waals surface area contributed by atoms with E-state index in [9.17, 15) is 9.18 Å². The van der Waals surface area contributed by atoms with Crippen LogP contribution in [0.3, 0.4) is 0 Å². The zero-order chi connectivity index (χ0) is 12.3. The number of carbonyl (C=O) groups is 1. The van der Waals surface area contributed by atoms with Crippen molar-refractivity contribution in [2.75, 3.05) is 5.32 Å². The van der Waals surface area contributed by atoms with Crippen molar-refractivity contribution in [3.05, 3.63) is 29.6 Å². The first-order chi connectivity index (χ1) is 7.28. The summed E-state index contributed by atoms with van der Waals surface area (Å²) in [5.41, 5.74) is 0.934. The molecule has 1 aromatic rings. The average molecular weight is 225 g/mol. The molecule has 16 heavy (non-hydrogen) atoms. The Bertz CT molecular complexity index is 396. The SMILES string of the molecule is CC(C)(C)Nc1ccc(F)cc1CC(=O)O. The van der Waals surface area contributed by atoms with Crippen molar-refractivity contribution in [1.29, 1.82) is 0 Å². The molecule has 3 nitrogen and oxygen atoms in total. The molecule has 2 N–H and O–H groups in total. The van der Waals surface area contributed by atoms with Gasteiger partial charge in [-0.3, -0.25) is 4.79 Å². The molecular formula is C12H16FNO2. The molecule has 0 atom stereocenters. The number of carboxylic acids is 1. The van der Waals surface area contributed by atoms with Crippen LogP contribution in [-0.2, 0) is 11.2 Å². The van der Waals surface area contributed by atoms with E-state index in [2.05, 4.69) is 5.32 Å². The van der Waals surface area contributed by atoms with Gasteiger partial charge in [-0.15, -0.1) is 0 Å². The summed E-state index contributed by atoms with van der Waals surface area (Å²) < 4.78 is 13.0. The number of nitrogens with one attached hydrogen (secondary N) is 1. The second kappa shape index (κ2) is 4.51. The zero-order valence-electron chi connectivity index (χ0n) is 9.67. The third-order valence-corrected chi connectivity index (χ3v) is 1.92. The van der Waals surface area contributed by atoms with Crippen LogP contribution in [0.2, 0.25) is 0 Å². The van der Waals surface area contributed by atoms with Gasteiger partial charge in [0.05, 0.1) is 6.42 Å². The Morgan fingerprint density at radius 3 is 2.56 bits per heavy atom. The second-order valence-corrected chi connectivity index (χ2v) is 4.75. The Hall–Kier alpha value is -1.58. The van der Waals surface area contributed by atoms with Gasteiger partial charge in [-0.05, 0) is 44.5 Å². The van der Waals surface area contributed by atoms with Gasteiger partial charge in [0.2, 0.25) is 0 Å². The topological polar surface area (TPSA) is 49.3 Å². The first-order valence-corrected chi connectivity index (χ1v) is 5.06. The molecule has 0 bridgehead atoms. The summed E-state index contributed by atoms with van der Waals surface area (Å²) >= 11 is 0. The van der Waals surface area contributed by atoms with Crippen molar-refractivity contribution >= 4 is 11.7 Å². The lowest BCUT2D eigenvalue weighted by atomic mass is 10.0. The van der Waals surface area contributed by atoms with Gasteiger partial charge in [0.25, 0.3) is 0 Å². The van der Waals surface area contributed by atoms with Crippen molar-refractivity contribution in [1.82, 2.24) is 0 Å². The summed E-state index contributed by atoms with van der Waals surface area (Å²) in [5, 5.41) is 11.9. The van der Waals surface area contributed by atoms with Crippen LogP contribution in [0.25, 0.3) is 0 Å². The molecular weight excluding hydrogens is 209 g/mol. The van der Waals surface area contributed by atoms with Crippen molar-refractivity contribution in [3.63, 3.8) is 0 Å².